The third-order valence-electron chi connectivity index (χ3n) is 3.29. The Balaban J connectivity index is 2.15. The summed E-state index contributed by atoms with van der Waals surface area (Å²) in [5, 5.41) is 0. The second-order valence-corrected chi connectivity index (χ2v) is 4.78. The molecule has 0 atom stereocenters. The highest BCUT2D eigenvalue weighted by Gasteiger charge is 2.07. The van der Waals surface area contributed by atoms with Gasteiger partial charge in [0.25, 0.3) is 0 Å². The number of benzene rings is 2. The number of carbonyl (C=O) groups excluding carboxylic acids is 1. The quantitative estimate of drug-likeness (QED) is 0.838. The Morgan fingerprint density at radius 1 is 1.15 bits per heavy atom. The van der Waals surface area contributed by atoms with E-state index in [1.165, 1.54) is 0 Å². The number of para-hydroxylation sites is 1. The molecule has 0 bridgehead atoms. The zero-order valence-corrected chi connectivity index (χ0v) is 11.6. The highest BCUT2D eigenvalue weighted by Crippen LogP contribution is 2.25. The number of ether oxygens (including phenoxy) is 1. The topological polar surface area (TPSA) is 78.3 Å². The zero-order valence-electron chi connectivity index (χ0n) is 11.6. The molecule has 20 heavy (non-hydrogen) atoms. The van der Waals surface area contributed by atoms with E-state index in [0.717, 1.165) is 16.7 Å². The summed E-state index contributed by atoms with van der Waals surface area (Å²) in [4.78, 5) is 11.1. The third-order valence-corrected chi connectivity index (χ3v) is 3.29. The third kappa shape index (κ3) is 2.91. The summed E-state index contributed by atoms with van der Waals surface area (Å²) in [5.74, 6) is 0.242. The molecular formula is C16H18N2O2. The van der Waals surface area contributed by atoms with Crippen molar-refractivity contribution in [2.45, 2.75) is 20.5 Å². The maximum Gasteiger partial charge on any atom is 0.248 e. The van der Waals surface area contributed by atoms with E-state index in [1.54, 1.807) is 12.1 Å². The molecule has 0 saturated carbocycles. The van der Waals surface area contributed by atoms with Crippen molar-refractivity contribution in [3.05, 3.63) is 58.7 Å². The molecule has 104 valence electrons. The molecule has 0 radical (unpaired) electrons. The van der Waals surface area contributed by atoms with Gasteiger partial charge in [0.15, 0.2) is 0 Å². The van der Waals surface area contributed by atoms with Crippen LogP contribution >= 0.6 is 0 Å². The number of rotatable bonds is 4. The molecule has 0 aliphatic carbocycles. The van der Waals surface area contributed by atoms with Gasteiger partial charge in [-0.1, -0.05) is 18.2 Å². The summed E-state index contributed by atoms with van der Waals surface area (Å²) in [6.07, 6.45) is 0. The van der Waals surface area contributed by atoms with E-state index in [9.17, 15) is 4.79 Å². The van der Waals surface area contributed by atoms with Gasteiger partial charge in [-0.05, 0) is 48.7 Å². The minimum Gasteiger partial charge on any atom is -0.487 e. The molecule has 2 aromatic carbocycles. The van der Waals surface area contributed by atoms with Crippen LogP contribution in [-0.2, 0) is 6.61 Å². The van der Waals surface area contributed by atoms with Gasteiger partial charge in [-0.3, -0.25) is 4.79 Å². The Morgan fingerprint density at radius 3 is 2.55 bits per heavy atom. The number of aryl methyl sites for hydroxylation is 2. The fourth-order valence-electron chi connectivity index (χ4n) is 1.95. The molecule has 0 aliphatic heterocycles. The normalized spacial score (nSPS) is 10.3. The lowest BCUT2D eigenvalue weighted by Gasteiger charge is -2.12. The summed E-state index contributed by atoms with van der Waals surface area (Å²) in [6.45, 7) is 4.26. The van der Waals surface area contributed by atoms with Gasteiger partial charge in [-0.15, -0.1) is 0 Å². The molecule has 4 heteroatoms. The number of nitrogen functional groups attached to an aromatic ring is 1. The molecule has 0 fully saturated rings. The lowest BCUT2D eigenvalue weighted by Crippen LogP contribution is -2.11. The predicted octanol–water partition coefficient (Wildman–Crippen LogP) is 2.56. The average Bonchev–Trinajstić information content (AvgIpc) is 2.41. The first-order chi connectivity index (χ1) is 9.49. The van der Waals surface area contributed by atoms with Crippen LogP contribution in [0.15, 0.2) is 36.4 Å². The van der Waals surface area contributed by atoms with E-state index in [1.807, 2.05) is 38.1 Å². The Morgan fingerprint density at radius 2 is 1.90 bits per heavy atom. The van der Waals surface area contributed by atoms with Gasteiger partial charge in [0, 0.05) is 5.56 Å². The van der Waals surface area contributed by atoms with Crippen LogP contribution in [0.4, 0.5) is 5.69 Å². The van der Waals surface area contributed by atoms with Crippen LogP contribution in [0.25, 0.3) is 0 Å². The van der Waals surface area contributed by atoms with E-state index < -0.39 is 5.91 Å². The molecule has 0 heterocycles. The van der Waals surface area contributed by atoms with Gasteiger partial charge in [-0.2, -0.15) is 0 Å². The van der Waals surface area contributed by atoms with Crippen molar-refractivity contribution in [3.8, 4) is 5.75 Å². The molecule has 0 aliphatic rings. The van der Waals surface area contributed by atoms with Crippen LogP contribution in [0.1, 0.15) is 27.0 Å². The Hall–Kier alpha value is -2.49. The number of hydrogen-bond donors (Lipinski definition) is 2. The molecule has 0 saturated heterocycles. The monoisotopic (exact) mass is 270 g/mol. The molecule has 1 amide bonds. The van der Waals surface area contributed by atoms with Gasteiger partial charge in [-0.25, -0.2) is 0 Å². The molecule has 0 spiro atoms. The highest BCUT2D eigenvalue weighted by atomic mass is 16.5. The fraction of sp³-hybridized carbons (Fsp3) is 0.188. The number of primary amides is 1. The number of hydrogen-bond acceptors (Lipinski definition) is 3. The van der Waals surface area contributed by atoms with Crippen molar-refractivity contribution in [1.29, 1.82) is 0 Å². The second kappa shape index (κ2) is 5.65. The first-order valence-corrected chi connectivity index (χ1v) is 6.36. The Labute approximate surface area is 118 Å². The van der Waals surface area contributed by atoms with Gasteiger partial charge in [0.05, 0.1) is 5.69 Å². The highest BCUT2D eigenvalue weighted by molar-refractivity contribution is 5.93. The van der Waals surface area contributed by atoms with Gasteiger partial charge in [0.1, 0.15) is 12.4 Å². The minimum absolute atomic E-state index is 0.401. The van der Waals surface area contributed by atoms with Crippen LogP contribution in [0.5, 0.6) is 5.75 Å². The molecule has 4 N–H and O–H groups in total. The van der Waals surface area contributed by atoms with Crippen molar-refractivity contribution in [2.24, 2.45) is 5.73 Å². The van der Waals surface area contributed by atoms with E-state index >= 15 is 0 Å². The predicted molar refractivity (Wildman–Crippen MR) is 79.6 cm³/mol. The van der Waals surface area contributed by atoms with E-state index in [4.69, 9.17) is 16.2 Å². The van der Waals surface area contributed by atoms with E-state index in [-0.39, 0.29) is 0 Å². The second-order valence-electron chi connectivity index (χ2n) is 4.78. The average molecular weight is 270 g/mol. The van der Waals surface area contributed by atoms with Crippen molar-refractivity contribution in [3.63, 3.8) is 0 Å². The summed E-state index contributed by atoms with van der Waals surface area (Å²) >= 11 is 0. The van der Waals surface area contributed by atoms with Crippen molar-refractivity contribution in [2.75, 3.05) is 5.73 Å². The first-order valence-electron chi connectivity index (χ1n) is 6.36. The Kier molecular flexibility index (Phi) is 3.94. The van der Waals surface area contributed by atoms with Crippen LogP contribution in [0, 0.1) is 13.8 Å². The smallest absolute Gasteiger partial charge is 0.248 e. The maximum atomic E-state index is 11.1. The van der Waals surface area contributed by atoms with Gasteiger partial charge < -0.3 is 16.2 Å². The molecule has 0 aromatic heterocycles. The standard InChI is InChI=1S/C16H18N2O2/c1-10-4-3-5-14(15(10)17)20-9-13-7-6-12(16(18)19)8-11(13)2/h3-8H,9,17H2,1-2H3,(H2,18,19). The fourth-order valence-corrected chi connectivity index (χ4v) is 1.95. The summed E-state index contributed by atoms with van der Waals surface area (Å²) in [5.41, 5.74) is 15.3. The first kappa shape index (κ1) is 13.9. The van der Waals surface area contributed by atoms with E-state index in [0.29, 0.717) is 23.6 Å². The molecule has 2 aromatic rings. The lowest BCUT2D eigenvalue weighted by molar-refractivity contribution is 0.1000. The molecule has 2 rings (SSSR count). The van der Waals surface area contributed by atoms with Crippen LogP contribution in [0.3, 0.4) is 0 Å². The summed E-state index contributed by atoms with van der Waals surface area (Å²) in [6, 6.07) is 11.0. The zero-order chi connectivity index (χ0) is 14.7. The molecule has 4 nitrogen and oxygen atoms in total. The van der Waals surface area contributed by atoms with Crippen molar-refractivity contribution >= 4 is 11.6 Å². The van der Waals surface area contributed by atoms with Crippen LogP contribution in [0.2, 0.25) is 0 Å². The number of nitrogens with two attached hydrogens (primary N) is 2. The van der Waals surface area contributed by atoms with Crippen molar-refractivity contribution in [1.82, 2.24) is 0 Å². The number of amides is 1. The SMILES string of the molecule is Cc1cc(C(N)=O)ccc1COc1cccc(C)c1N. The molecular weight excluding hydrogens is 252 g/mol. The maximum absolute atomic E-state index is 11.1. The minimum atomic E-state index is -0.427. The van der Waals surface area contributed by atoms with Crippen LogP contribution in [-0.4, -0.2) is 5.91 Å². The van der Waals surface area contributed by atoms with Gasteiger partial charge >= 0.3 is 0 Å². The Bertz CT molecular complexity index is 651. The van der Waals surface area contributed by atoms with Crippen molar-refractivity contribution < 1.29 is 9.53 Å². The summed E-state index contributed by atoms with van der Waals surface area (Å²) < 4.78 is 5.74. The number of carbonyl (C=O) groups is 1. The number of anilines is 1. The lowest BCUT2D eigenvalue weighted by atomic mass is 10.1. The summed E-state index contributed by atoms with van der Waals surface area (Å²) in [7, 11) is 0. The van der Waals surface area contributed by atoms with Gasteiger partial charge in [0.2, 0.25) is 5.91 Å². The van der Waals surface area contributed by atoms with E-state index in [2.05, 4.69) is 0 Å². The molecule has 0 unspecified atom stereocenters. The largest absolute Gasteiger partial charge is 0.487 e. The van der Waals surface area contributed by atoms with Crippen LogP contribution < -0.4 is 16.2 Å².